The number of carbonyl (C=O) groups excluding carboxylic acids is 1. The molecule has 0 aliphatic carbocycles. The van der Waals surface area contributed by atoms with Crippen molar-refractivity contribution < 1.29 is 28.6 Å². The molecule has 2 heterocycles. The van der Waals surface area contributed by atoms with Crippen molar-refractivity contribution in [3.63, 3.8) is 0 Å². The number of alkyl halides is 2. The molecule has 1 saturated heterocycles. The molecule has 31 heavy (non-hydrogen) atoms. The Morgan fingerprint density at radius 2 is 2.00 bits per heavy atom. The fourth-order valence-electron chi connectivity index (χ4n) is 3.41. The van der Waals surface area contributed by atoms with Crippen LogP contribution in [0.15, 0.2) is 60.7 Å². The lowest BCUT2D eigenvalue weighted by Gasteiger charge is -2.33. The summed E-state index contributed by atoms with van der Waals surface area (Å²) in [7, 11) is 0. The van der Waals surface area contributed by atoms with Crippen LogP contribution in [0, 0.1) is 0 Å². The Bertz CT molecular complexity index is 971. The smallest absolute Gasteiger partial charge is 0.345 e. The Morgan fingerprint density at radius 1 is 1.26 bits per heavy atom. The maximum Gasteiger partial charge on any atom is 0.345 e. The number of nitrogens with zero attached hydrogens (tertiary/aromatic N) is 1. The first kappa shape index (κ1) is 22.8. The normalized spacial score (nSPS) is 18.7. The molecule has 2 aromatic rings. The van der Waals surface area contributed by atoms with Gasteiger partial charge in [-0.15, -0.1) is 11.3 Å². The summed E-state index contributed by atoms with van der Waals surface area (Å²) in [5.74, 6) is -4.53. The largest absolute Gasteiger partial charge is 0.477 e. The van der Waals surface area contributed by atoms with E-state index in [1.165, 1.54) is 36.4 Å². The molecule has 0 bridgehead atoms. The number of halogens is 2. The number of thiophene rings is 1. The van der Waals surface area contributed by atoms with Gasteiger partial charge in [0.25, 0.3) is 0 Å². The van der Waals surface area contributed by atoms with E-state index in [1.54, 1.807) is 29.2 Å². The highest BCUT2D eigenvalue weighted by Crippen LogP contribution is 2.32. The van der Waals surface area contributed by atoms with Crippen LogP contribution in [0.5, 0.6) is 0 Å². The summed E-state index contributed by atoms with van der Waals surface area (Å²) in [6.45, 7) is 0.263. The number of aliphatic hydroxyl groups is 1. The second kappa shape index (κ2) is 9.98. The molecule has 1 aromatic heterocycles. The zero-order valence-corrected chi connectivity index (χ0v) is 17.5. The van der Waals surface area contributed by atoms with Gasteiger partial charge in [0.05, 0.1) is 6.04 Å². The number of likely N-dealkylation sites (tertiary alicyclic amines) is 1. The predicted octanol–water partition coefficient (Wildman–Crippen LogP) is 4.55. The van der Waals surface area contributed by atoms with Crippen LogP contribution >= 0.6 is 11.3 Å². The van der Waals surface area contributed by atoms with Gasteiger partial charge in [0.2, 0.25) is 5.91 Å². The lowest BCUT2D eigenvalue weighted by Crippen LogP contribution is -2.43. The van der Waals surface area contributed by atoms with Gasteiger partial charge in [-0.25, -0.2) is 4.79 Å². The molecule has 1 aliphatic rings. The number of rotatable bonds is 8. The quantitative estimate of drug-likeness (QED) is 0.582. The van der Waals surface area contributed by atoms with Gasteiger partial charge in [-0.05, 0) is 31.1 Å². The number of amides is 1. The Hall–Kier alpha value is -2.84. The van der Waals surface area contributed by atoms with E-state index in [0.717, 1.165) is 22.3 Å². The third-order valence-corrected chi connectivity index (χ3v) is 6.12. The molecule has 3 rings (SSSR count). The average molecular weight is 448 g/mol. The molecule has 2 N–H and O–H groups in total. The Labute approximate surface area is 182 Å². The second-order valence-corrected chi connectivity index (χ2v) is 8.35. The minimum Gasteiger partial charge on any atom is -0.477 e. The zero-order valence-electron chi connectivity index (χ0n) is 16.7. The number of hydrogen-bond donors (Lipinski definition) is 2. The van der Waals surface area contributed by atoms with Gasteiger partial charge in [-0.2, -0.15) is 8.78 Å². The van der Waals surface area contributed by atoms with Crippen molar-refractivity contribution in [3.8, 4) is 0 Å². The van der Waals surface area contributed by atoms with E-state index in [4.69, 9.17) is 5.11 Å². The highest BCUT2D eigenvalue weighted by Gasteiger charge is 2.39. The Kier molecular flexibility index (Phi) is 7.35. The highest BCUT2D eigenvalue weighted by molar-refractivity contribution is 7.14. The van der Waals surface area contributed by atoms with Crippen molar-refractivity contribution in [1.29, 1.82) is 0 Å². The average Bonchev–Trinajstić information content (AvgIpc) is 3.23. The van der Waals surface area contributed by atoms with Crippen LogP contribution in [0.3, 0.4) is 0 Å². The van der Waals surface area contributed by atoms with E-state index < -0.39 is 24.0 Å². The molecular formula is C23H23F2NO4S. The van der Waals surface area contributed by atoms with E-state index in [2.05, 4.69) is 0 Å². The monoisotopic (exact) mass is 447 g/mol. The van der Waals surface area contributed by atoms with Crippen LogP contribution in [0.4, 0.5) is 8.78 Å². The number of carboxylic acid groups (broad SMARTS) is 1. The van der Waals surface area contributed by atoms with E-state index >= 15 is 0 Å². The zero-order chi connectivity index (χ0) is 22.4. The highest BCUT2D eigenvalue weighted by atomic mass is 32.1. The standard InChI is InChI=1S/C23H23F2NO4S/c24-23(25,16-6-2-1-3-7-16)20(27)14-11-17-8-4-10-21(28)26(17)15-5-9-18-12-13-19(31-18)22(29)30/h1-3,5-7,9,11-14,17,20,27H,4,8,10,15H2,(H,29,30)/b9-5+,14-11+/t17-,20-/m1/s1. The molecule has 1 aliphatic heterocycles. The number of benzene rings is 1. The molecule has 5 nitrogen and oxygen atoms in total. The molecular weight excluding hydrogens is 424 g/mol. The number of piperidine rings is 1. The van der Waals surface area contributed by atoms with Gasteiger partial charge in [0.15, 0.2) is 0 Å². The van der Waals surface area contributed by atoms with E-state index in [9.17, 15) is 23.5 Å². The molecule has 1 amide bonds. The molecule has 0 unspecified atom stereocenters. The molecule has 2 atom stereocenters. The summed E-state index contributed by atoms with van der Waals surface area (Å²) in [6.07, 6.45) is 5.64. The first-order valence-electron chi connectivity index (χ1n) is 9.88. The molecule has 1 aromatic carbocycles. The third-order valence-electron chi connectivity index (χ3n) is 5.08. The van der Waals surface area contributed by atoms with Crippen LogP contribution in [-0.4, -0.2) is 45.7 Å². The Balaban J connectivity index is 1.67. The SMILES string of the molecule is O=C(O)c1ccc(/C=C/CN2C(=O)CCC[C@@H]2/C=C/[C@@H](O)C(F)(F)c2ccccc2)s1. The van der Waals surface area contributed by atoms with Crippen molar-refractivity contribution in [1.82, 2.24) is 4.90 Å². The first-order chi connectivity index (χ1) is 14.8. The van der Waals surface area contributed by atoms with Crippen molar-refractivity contribution in [2.24, 2.45) is 0 Å². The number of carbonyl (C=O) groups is 2. The molecule has 0 radical (unpaired) electrons. The van der Waals surface area contributed by atoms with E-state index in [0.29, 0.717) is 19.3 Å². The summed E-state index contributed by atoms with van der Waals surface area (Å²) in [5, 5.41) is 19.1. The fraction of sp³-hybridized carbons (Fsp3) is 0.304. The van der Waals surface area contributed by atoms with Crippen LogP contribution in [0.1, 0.15) is 39.4 Å². The minimum atomic E-state index is -3.44. The van der Waals surface area contributed by atoms with Gasteiger partial charge in [-0.1, -0.05) is 48.6 Å². The van der Waals surface area contributed by atoms with E-state index in [-0.39, 0.29) is 22.9 Å². The summed E-state index contributed by atoms with van der Waals surface area (Å²) in [6, 6.07) is 9.92. The van der Waals surface area contributed by atoms with E-state index in [1.807, 2.05) is 0 Å². The molecule has 0 saturated carbocycles. The number of carboxylic acids is 1. The first-order valence-corrected chi connectivity index (χ1v) is 10.7. The van der Waals surface area contributed by atoms with Gasteiger partial charge in [-0.3, -0.25) is 4.79 Å². The topological polar surface area (TPSA) is 77.8 Å². The fourth-order valence-corrected chi connectivity index (χ4v) is 4.19. The summed E-state index contributed by atoms with van der Waals surface area (Å²) in [4.78, 5) is 25.9. The second-order valence-electron chi connectivity index (χ2n) is 7.23. The van der Waals surface area contributed by atoms with Crippen molar-refractivity contribution >= 4 is 29.3 Å². The van der Waals surface area contributed by atoms with Gasteiger partial charge < -0.3 is 15.1 Å². The maximum absolute atomic E-state index is 14.5. The van der Waals surface area contributed by atoms with Crippen molar-refractivity contribution in [2.75, 3.05) is 6.54 Å². The lowest BCUT2D eigenvalue weighted by atomic mass is 9.98. The lowest BCUT2D eigenvalue weighted by molar-refractivity contribution is -0.134. The Morgan fingerprint density at radius 3 is 2.68 bits per heavy atom. The third kappa shape index (κ3) is 5.65. The van der Waals surface area contributed by atoms with Crippen LogP contribution in [0.25, 0.3) is 6.08 Å². The van der Waals surface area contributed by atoms with Gasteiger partial charge in [0, 0.05) is 23.4 Å². The van der Waals surface area contributed by atoms with Crippen LogP contribution in [0.2, 0.25) is 0 Å². The minimum absolute atomic E-state index is 0.0905. The molecule has 0 spiro atoms. The summed E-state index contributed by atoms with van der Waals surface area (Å²) in [5.41, 5.74) is -0.275. The predicted molar refractivity (Wildman–Crippen MR) is 115 cm³/mol. The van der Waals surface area contributed by atoms with Crippen molar-refractivity contribution in [3.05, 3.63) is 76.0 Å². The van der Waals surface area contributed by atoms with Gasteiger partial charge >= 0.3 is 11.9 Å². The number of hydrogen-bond acceptors (Lipinski definition) is 4. The van der Waals surface area contributed by atoms with Crippen molar-refractivity contribution in [2.45, 2.75) is 37.3 Å². The molecule has 164 valence electrons. The summed E-state index contributed by atoms with van der Waals surface area (Å²) < 4.78 is 29.0. The summed E-state index contributed by atoms with van der Waals surface area (Å²) >= 11 is 1.12. The maximum atomic E-state index is 14.5. The van der Waals surface area contributed by atoms with Crippen LogP contribution < -0.4 is 0 Å². The number of aliphatic hydroxyl groups excluding tert-OH is 1. The number of aromatic carboxylic acids is 1. The molecule has 8 heteroatoms. The van der Waals surface area contributed by atoms with Gasteiger partial charge in [0.1, 0.15) is 11.0 Å². The molecule has 1 fully saturated rings. The van der Waals surface area contributed by atoms with Crippen LogP contribution in [-0.2, 0) is 10.7 Å².